The van der Waals surface area contributed by atoms with Crippen molar-refractivity contribution >= 4 is 70.3 Å². The number of benzene rings is 2. The third-order valence-corrected chi connectivity index (χ3v) is 7.65. The minimum absolute atomic E-state index is 0.0416. The standard InChI is InChI=1S/C26H27Cl2N3O7S/c27-17-2-1-3-18(28)23(17)25(36)29-16-6-4-15(5-7-16)14-19(26(37)38)30-24(35)20-10-12-39-13-11-31(20)21(32)8-9-22(33)34/h1-7,19-20H,8-14H2,(H,29,36)(H,30,35)(H,33,34)(H,37,38)/t19-,20?/m0/s1. The fraction of sp³-hybridized carbons (Fsp3) is 0.346. The van der Waals surface area contributed by atoms with Gasteiger partial charge in [0.05, 0.1) is 22.0 Å². The number of hydrogen-bond acceptors (Lipinski definition) is 6. The zero-order valence-corrected chi connectivity index (χ0v) is 23.0. The second-order valence-electron chi connectivity index (χ2n) is 8.75. The Kier molecular flexibility index (Phi) is 11.0. The van der Waals surface area contributed by atoms with E-state index in [-0.39, 0.29) is 41.4 Å². The summed E-state index contributed by atoms with van der Waals surface area (Å²) in [7, 11) is 0. The number of rotatable bonds is 10. The molecule has 2 atom stereocenters. The zero-order chi connectivity index (χ0) is 28.5. The average Bonchev–Trinajstić information content (AvgIpc) is 3.14. The predicted molar refractivity (Wildman–Crippen MR) is 148 cm³/mol. The predicted octanol–water partition coefficient (Wildman–Crippen LogP) is 3.56. The van der Waals surface area contributed by atoms with Crippen LogP contribution in [0.15, 0.2) is 42.5 Å². The molecule has 2 aromatic carbocycles. The molecule has 3 rings (SSSR count). The number of carbonyl (C=O) groups is 5. The lowest BCUT2D eigenvalue weighted by Crippen LogP contribution is -2.54. The molecule has 0 aromatic heterocycles. The summed E-state index contributed by atoms with van der Waals surface area (Å²) in [5, 5.41) is 24.3. The van der Waals surface area contributed by atoms with Crippen LogP contribution < -0.4 is 10.6 Å². The molecule has 1 heterocycles. The van der Waals surface area contributed by atoms with E-state index in [0.29, 0.717) is 29.2 Å². The van der Waals surface area contributed by atoms with Crippen molar-refractivity contribution in [3.05, 3.63) is 63.6 Å². The number of anilines is 1. The number of hydrogen-bond donors (Lipinski definition) is 4. The Morgan fingerprint density at radius 1 is 0.974 bits per heavy atom. The molecule has 208 valence electrons. The molecule has 1 saturated heterocycles. The van der Waals surface area contributed by atoms with E-state index in [9.17, 15) is 29.1 Å². The summed E-state index contributed by atoms with van der Waals surface area (Å²) in [4.78, 5) is 62.5. The molecular weight excluding hydrogens is 569 g/mol. The number of nitrogens with one attached hydrogen (secondary N) is 2. The molecule has 4 N–H and O–H groups in total. The lowest BCUT2D eigenvalue weighted by atomic mass is 10.0. The van der Waals surface area contributed by atoms with E-state index in [2.05, 4.69) is 10.6 Å². The van der Waals surface area contributed by atoms with Gasteiger partial charge >= 0.3 is 11.9 Å². The van der Waals surface area contributed by atoms with Gasteiger partial charge in [0, 0.05) is 30.8 Å². The summed E-state index contributed by atoms with van der Waals surface area (Å²) in [5.74, 6) is -2.73. The van der Waals surface area contributed by atoms with Gasteiger partial charge in [-0.1, -0.05) is 41.4 Å². The summed E-state index contributed by atoms with van der Waals surface area (Å²) in [6, 6.07) is 8.97. The highest BCUT2D eigenvalue weighted by molar-refractivity contribution is 7.99. The molecule has 0 spiro atoms. The van der Waals surface area contributed by atoms with Crippen LogP contribution in [0.1, 0.15) is 35.2 Å². The Morgan fingerprint density at radius 2 is 1.64 bits per heavy atom. The lowest BCUT2D eigenvalue weighted by molar-refractivity contribution is -0.146. The number of nitrogens with zero attached hydrogens (tertiary/aromatic N) is 1. The molecule has 39 heavy (non-hydrogen) atoms. The highest BCUT2D eigenvalue weighted by Gasteiger charge is 2.33. The van der Waals surface area contributed by atoms with Crippen molar-refractivity contribution in [1.82, 2.24) is 10.2 Å². The van der Waals surface area contributed by atoms with Crippen LogP contribution in [-0.4, -0.2) is 74.9 Å². The number of thioether (sulfide) groups is 1. The number of amides is 3. The van der Waals surface area contributed by atoms with E-state index >= 15 is 0 Å². The van der Waals surface area contributed by atoms with Gasteiger partial charge in [-0.05, 0) is 42.0 Å². The van der Waals surface area contributed by atoms with Crippen LogP contribution in [0, 0.1) is 0 Å². The Bertz CT molecular complexity index is 1220. The van der Waals surface area contributed by atoms with Crippen molar-refractivity contribution in [2.45, 2.75) is 37.8 Å². The van der Waals surface area contributed by atoms with Gasteiger partial charge in [-0.15, -0.1) is 0 Å². The van der Waals surface area contributed by atoms with Crippen LogP contribution in [0.4, 0.5) is 5.69 Å². The highest BCUT2D eigenvalue weighted by atomic mass is 35.5. The Balaban J connectivity index is 1.66. The first-order chi connectivity index (χ1) is 18.6. The van der Waals surface area contributed by atoms with Crippen LogP contribution in [0.5, 0.6) is 0 Å². The van der Waals surface area contributed by atoms with Gasteiger partial charge in [-0.3, -0.25) is 19.2 Å². The molecule has 3 amide bonds. The van der Waals surface area contributed by atoms with Gasteiger partial charge in [0.15, 0.2) is 0 Å². The van der Waals surface area contributed by atoms with E-state index in [1.807, 2.05) is 0 Å². The van der Waals surface area contributed by atoms with Crippen LogP contribution in [0.2, 0.25) is 10.0 Å². The fourth-order valence-electron chi connectivity index (χ4n) is 4.04. The van der Waals surface area contributed by atoms with Gasteiger partial charge < -0.3 is 25.7 Å². The van der Waals surface area contributed by atoms with Gasteiger partial charge in [0.2, 0.25) is 11.8 Å². The van der Waals surface area contributed by atoms with Crippen LogP contribution in [-0.2, 0) is 25.6 Å². The maximum absolute atomic E-state index is 13.1. The molecule has 13 heteroatoms. The largest absolute Gasteiger partial charge is 0.481 e. The number of carboxylic acid groups (broad SMARTS) is 2. The first-order valence-electron chi connectivity index (χ1n) is 12.0. The van der Waals surface area contributed by atoms with Gasteiger partial charge in [0.1, 0.15) is 12.1 Å². The van der Waals surface area contributed by atoms with Gasteiger partial charge in [-0.2, -0.15) is 11.8 Å². The third kappa shape index (κ3) is 8.61. The van der Waals surface area contributed by atoms with Crippen LogP contribution >= 0.6 is 35.0 Å². The first kappa shape index (κ1) is 30.3. The summed E-state index contributed by atoms with van der Waals surface area (Å²) in [6.45, 7) is 0.269. The van der Waals surface area contributed by atoms with Crippen molar-refractivity contribution in [1.29, 1.82) is 0 Å². The van der Waals surface area contributed by atoms with Crippen LogP contribution in [0.25, 0.3) is 0 Å². The zero-order valence-electron chi connectivity index (χ0n) is 20.7. The number of halogens is 2. The van der Waals surface area contributed by atoms with Crippen molar-refractivity contribution in [2.75, 3.05) is 23.4 Å². The number of carboxylic acids is 2. The topological polar surface area (TPSA) is 153 Å². The lowest BCUT2D eigenvalue weighted by Gasteiger charge is -2.30. The van der Waals surface area contributed by atoms with E-state index in [1.165, 1.54) is 4.90 Å². The average molecular weight is 596 g/mol. The summed E-state index contributed by atoms with van der Waals surface area (Å²) < 4.78 is 0. The smallest absolute Gasteiger partial charge is 0.326 e. The normalized spacial score (nSPS) is 16.1. The maximum atomic E-state index is 13.1. The van der Waals surface area contributed by atoms with Crippen molar-refractivity contribution in [3.8, 4) is 0 Å². The van der Waals surface area contributed by atoms with Crippen LogP contribution in [0.3, 0.4) is 0 Å². The van der Waals surface area contributed by atoms with Gasteiger partial charge in [0.25, 0.3) is 5.91 Å². The molecule has 10 nitrogen and oxygen atoms in total. The Labute approximate surface area is 239 Å². The minimum Gasteiger partial charge on any atom is -0.481 e. The molecule has 1 aliphatic heterocycles. The van der Waals surface area contributed by atoms with Gasteiger partial charge in [-0.25, -0.2) is 4.79 Å². The number of aliphatic carboxylic acids is 2. The maximum Gasteiger partial charge on any atom is 0.326 e. The first-order valence-corrected chi connectivity index (χ1v) is 13.9. The quantitative estimate of drug-likeness (QED) is 0.325. The minimum atomic E-state index is -1.27. The summed E-state index contributed by atoms with van der Waals surface area (Å²) >= 11 is 13.7. The fourth-order valence-corrected chi connectivity index (χ4v) is 5.53. The Morgan fingerprint density at radius 3 is 2.26 bits per heavy atom. The molecule has 0 saturated carbocycles. The second-order valence-corrected chi connectivity index (χ2v) is 10.8. The summed E-state index contributed by atoms with van der Waals surface area (Å²) in [5.41, 5.74) is 1.15. The number of carbonyl (C=O) groups excluding carboxylic acids is 3. The molecule has 1 fully saturated rings. The molecule has 2 aromatic rings. The van der Waals surface area contributed by atoms with E-state index in [0.717, 1.165) is 0 Å². The molecule has 0 aliphatic carbocycles. The molecule has 1 aliphatic rings. The molecule has 0 radical (unpaired) electrons. The molecule has 1 unspecified atom stereocenters. The molecule has 0 bridgehead atoms. The second kappa shape index (κ2) is 14.2. The van der Waals surface area contributed by atoms with E-state index < -0.39 is 41.7 Å². The van der Waals surface area contributed by atoms with Crippen molar-refractivity contribution < 1.29 is 34.2 Å². The SMILES string of the molecule is O=C(O)CCC(=O)N1CCSCCC1C(=O)N[C@@H](Cc1ccc(NC(=O)c2c(Cl)cccc2Cl)cc1)C(=O)O. The van der Waals surface area contributed by atoms with Crippen molar-refractivity contribution in [3.63, 3.8) is 0 Å². The summed E-state index contributed by atoms with van der Waals surface area (Å²) in [6.07, 6.45) is -0.306. The van der Waals surface area contributed by atoms with E-state index in [1.54, 1.807) is 54.2 Å². The Hall–Kier alpha value is -3.28. The monoisotopic (exact) mass is 595 g/mol. The third-order valence-electron chi connectivity index (χ3n) is 6.02. The highest BCUT2D eigenvalue weighted by Crippen LogP contribution is 2.25. The van der Waals surface area contributed by atoms with E-state index in [4.69, 9.17) is 28.3 Å². The molecular formula is C26H27Cl2N3O7S. The van der Waals surface area contributed by atoms with Crippen molar-refractivity contribution in [2.24, 2.45) is 0 Å².